The standard InChI is InChI=1S/C15H31NO3/c1-6-8-9-13(7-2)10-19-11-15(5,14(17)18)16-12(3)4/h12-13,16H,6-11H2,1-5H3,(H,17,18). The molecule has 0 aliphatic rings. The van der Waals surface area contributed by atoms with Crippen molar-refractivity contribution >= 4 is 5.97 Å². The van der Waals surface area contributed by atoms with Gasteiger partial charge in [-0.05, 0) is 33.1 Å². The van der Waals surface area contributed by atoms with Crippen molar-refractivity contribution in [3.8, 4) is 0 Å². The summed E-state index contributed by atoms with van der Waals surface area (Å²) >= 11 is 0. The zero-order valence-corrected chi connectivity index (χ0v) is 13.2. The number of ether oxygens (including phenoxy) is 1. The van der Waals surface area contributed by atoms with Crippen LogP contribution in [0.3, 0.4) is 0 Å². The zero-order valence-electron chi connectivity index (χ0n) is 13.2. The largest absolute Gasteiger partial charge is 0.480 e. The summed E-state index contributed by atoms with van der Waals surface area (Å²) in [5.74, 6) is -0.320. The number of carboxylic acids is 1. The van der Waals surface area contributed by atoms with Crippen molar-refractivity contribution in [1.29, 1.82) is 0 Å². The van der Waals surface area contributed by atoms with E-state index in [1.54, 1.807) is 6.92 Å². The molecule has 0 aromatic heterocycles. The van der Waals surface area contributed by atoms with Gasteiger partial charge < -0.3 is 9.84 Å². The van der Waals surface area contributed by atoms with Crippen molar-refractivity contribution in [3.63, 3.8) is 0 Å². The van der Waals surface area contributed by atoms with Gasteiger partial charge in [0.05, 0.1) is 6.61 Å². The molecule has 2 atom stereocenters. The summed E-state index contributed by atoms with van der Waals surface area (Å²) in [6, 6.07) is 0.117. The summed E-state index contributed by atoms with van der Waals surface area (Å²) < 4.78 is 5.67. The van der Waals surface area contributed by atoms with Crippen LogP contribution in [0.1, 0.15) is 60.3 Å². The van der Waals surface area contributed by atoms with Gasteiger partial charge in [0.2, 0.25) is 0 Å². The lowest BCUT2D eigenvalue weighted by molar-refractivity contribution is -0.147. The SMILES string of the molecule is CCCCC(CC)COCC(C)(NC(C)C)C(=O)O. The van der Waals surface area contributed by atoms with E-state index in [1.165, 1.54) is 12.8 Å². The summed E-state index contributed by atoms with van der Waals surface area (Å²) in [5, 5.41) is 12.4. The highest BCUT2D eigenvalue weighted by atomic mass is 16.5. The molecular weight excluding hydrogens is 242 g/mol. The molecule has 0 spiro atoms. The molecule has 4 nitrogen and oxygen atoms in total. The first-order valence-electron chi connectivity index (χ1n) is 7.44. The Bertz CT molecular complexity index is 256. The minimum Gasteiger partial charge on any atom is -0.480 e. The summed E-state index contributed by atoms with van der Waals surface area (Å²) in [4.78, 5) is 11.3. The number of carbonyl (C=O) groups is 1. The van der Waals surface area contributed by atoms with Gasteiger partial charge in [0, 0.05) is 12.6 Å². The Labute approximate surface area is 117 Å². The molecule has 0 bridgehead atoms. The van der Waals surface area contributed by atoms with Crippen LogP contribution in [-0.4, -0.2) is 35.9 Å². The van der Waals surface area contributed by atoms with Gasteiger partial charge in [0.25, 0.3) is 0 Å². The lowest BCUT2D eigenvalue weighted by atomic mass is 10.00. The Morgan fingerprint density at radius 2 is 2.00 bits per heavy atom. The third kappa shape index (κ3) is 7.53. The average molecular weight is 273 g/mol. The van der Waals surface area contributed by atoms with Gasteiger partial charge in [0.15, 0.2) is 0 Å². The van der Waals surface area contributed by atoms with E-state index in [4.69, 9.17) is 4.74 Å². The molecule has 0 rings (SSSR count). The van der Waals surface area contributed by atoms with Crippen LogP contribution in [0.5, 0.6) is 0 Å². The predicted octanol–water partition coefficient (Wildman–Crippen LogP) is 3.06. The number of unbranched alkanes of at least 4 members (excludes halogenated alkanes) is 1. The van der Waals surface area contributed by atoms with Gasteiger partial charge in [-0.2, -0.15) is 0 Å². The van der Waals surface area contributed by atoms with Crippen molar-refractivity contribution in [2.24, 2.45) is 5.92 Å². The number of carboxylic acid groups (broad SMARTS) is 1. The second-order valence-electron chi connectivity index (χ2n) is 5.87. The van der Waals surface area contributed by atoms with Gasteiger partial charge in [-0.15, -0.1) is 0 Å². The maximum absolute atomic E-state index is 11.3. The third-order valence-corrected chi connectivity index (χ3v) is 3.37. The normalized spacial score (nSPS) is 16.3. The summed E-state index contributed by atoms with van der Waals surface area (Å²) in [5.41, 5.74) is -1.00. The van der Waals surface area contributed by atoms with E-state index in [0.29, 0.717) is 12.5 Å². The van der Waals surface area contributed by atoms with Crippen molar-refractivity contribution in [2.75, 3.05) is 13.2 Å². The maximum Gasteiger partial charge on any atom is 0.326 e. The van der Waals surface area contributed by atoms with Crippen LogP contribution in [0, 0.1) is 5.92 Å². The van der Waals surface area contributed by atoms with Crippen LogP contribution in [0.4, 0.5) is 0 Å². The fourth-order valence-corrected chi connectivity index (χ4v) is 2.13. The Hall–Kier alpha value is -0.610. The first-order chi connectivity index (χ1) is 8.85. The fraction of sp³-hybridized carbons (Fsp3) is 0.933. The lowest BCUT2D eigenvalue weighted by Gasteiger charge is -2.29. The Morgan fingerprint density at radius 1 is 1.37 bits per heavy atom. The highest BCUT2D eigenvalue weighted by molar-refractivity contribution is 5.78. The maximum atomic E-state index is 11.3. The molecule has 0 heterocycles. The van der Waals surface area contributed by atoms with E-state index in [0.717, 1.165) is 12.8 Å². The number of nitrogens with one attached hydrogen (secondary N) is 1. The van der Waals surface area contributed by atoms with Gasteiger partial charge in [-0.3, -0.25) is 10.1 Å². The smallest absolute Gasteiger partial charge is 0.326 e. The van der Waals surface area contributed by atoms with E-state index < -0.39 is 11.5 Å². The van der Waals surface area contributed by atoms with Crippen molar-refractivity contribution in [2.45, 2.75) is 71.9 Å². The highest BCUT2D eigenvalue weighted by Gasteiger charge is 2.34. The van der Waals surface area contributed by atoms with Crippen molar-refractivity contribution in [1.82, 2.24) is 5.32 Å². The monoisotopic (exact) mass is 273 g/mol. The molecule has 4 heteroatoms. The molecule has 0 aromatic carbocycles. The topological polar surface area (TPSA) is 58.6 Å². The highest BCUT2D eigenvalue weighted by Crippen LogP contribution is 2.14. The molecule has 0 fully saturated rings. The third-order valence-electron chi connectivity index (χ3n) is 3.37. The van der Waals surface area contributed by atoms with E-state index in [9.17, 15) is 9.90 Å². The van der Waals surface area contributed by atoms with E-state index in [2.05, 4.69) is 19.2 Å². The molecule has 0 aliphatic carbocycles. The first kappa shape index (κ1) is 18.4. The van der Waals surface area contributed by atoms with E-state index in [-0.39, 0.29) is 12.6 Å². The van der Waals surface area contributed by atoms with Gasteiger partial charge in [0.1, 0.15) is 5.54 Å². The lowest BCUT2D eigenvalue weighted by Crippen LogP contribution is -2.55. The van der Waals surface area contributed by atoms with Crippen LogP contribution < -0.4 is 5.32 Å². The Kier molecular flexibility index (Phi) is 9.02. The molecular formula is C15H31NO3. The molecule has 0 saturated carbocycles. The van der Waals surface area contributed by atoms with Crippen molar-refractivity contribution < 1.29 is 14.6 Å². The van der Waals surface area contributed by atoms with Crippen LogP contribution in [-0.2, 0) is 9.53 Å². The molecule has 2 unspecified atom stereocenters. The summed E-state index contributed by atoms with van der Waals surface area (Å²) in [7, 11) is 0. The number of aliphatic carboxylic acids is 1. The Balaban J connectivity index is 4.21. The second-order valence-corrected chi connectivity index (χ2v) is 5.87. The predicted molar refractivity (Wildman–Crippen MR) is 78.4 cm³/mol. The fourth-order valence-electron chi connectivity index (χ4n) is 2.13. The first-order valence-corrected chi connectivity index (χ1v) is 7.44. The number of hydrogen-bond acceptors (Lipinski definition) is 3. The molecule has 0 saturated heterocycles. The minimum atomic E-state index is -1.00. The Morgan fingerprint density at radius 3 is 2.42 bits per heavy atom. The van der Waals surface area contributed by atoms with E-state index in [1.807, 2.05) is 13.8 Å². The van der Waals surface area contributed by atoms with Crippen LogP contribution >= 0.6 is 0 Å². The van der Waals surface area contributed by atoms with Gasteiger partial charge in [-0.25, -0.2) is 0 Å². The van der Waals surface area contributed by atoms with Gasteiger partial charge >= 0.3 is 5.97 Å². The second kappa shape index (κ2) is 9.32. The number of rotatable bonds is 11. The molecule has 0 aromatic rings. The molecule has 0 aliphatic heterocycles. The summed E-state index contributed by atoms with van der Waals surface area (Å²) in [6.45, 7) is 10.8. The minimum absolute atomic E-state index is 0.117. The van der Waals surface area contributed by atoms with Crippen LogP contribution in [0.2, 0.25) is 0 Å². The quantitative estimate of drug-likeness (QED) is 0.607. The molecule has 19 heavy (non-hydrogen) atoms. The summed E-state index contributed by atoms with van der Waals surface area (Å²) in [6.07, 6.45) is 4.65. The molecule has 0 radical (unpaired) electrons. The molecule has 0 amide bonds. The average Bonchev–Trinajstić information content (AvgIpc) is 2.32. The van der Waals surface area contributed by atoms with Crippen LogP contribution in [0.15, 0.2) is 0 Å². The zero-order chi connectivity index (χ0) is 14.9. The van der Waals surface area contributed by atoms with E-state index >= 15 is 0 Å². The number of hydrogen-bond donors (Lipinski definition) is 2. The van der Waals surface area contributed by atoms with Crippen molar-refractivity contribution in [3.05, 3.63) is 0 Å². The van der Waals surface area contributed by atoms with Crippen LogP contribution in [0.25, 0.3) is 0 Å². The molecule has 114 valence electrons. The van der Waals surface area contributed by atoms with Gasteiger partial charge in [-0.1, -0.05) is 33.1 Å². The molecule has 2 N–H and O–H groups in total.